The Kier molecular flexibility index (Phi) is 5.55. The van der Waals surface area contributed by atoms with Gasteiger partial charge in [-0.2, -0.15) is 0 Å². The van der Waals surface area contributed by atoms with Gasteiger partial charge in [0.25, 0.3) is 5.82 Å². The van der Waals surface area contributed by atoms with Gasteiger partial charge in [-0.15, -0.1) is 0 Å². The number of nitrogens with one attached hydrogen (secondary N) is 2. The third-order valence-electron chi connectivity index (χ3n) is 4.20. The molecular weight excluding hydrogens is 336 g/mol. The quantitative estimate of drug-likeness (QED) is 0.843. The molecule has 7 heteroatoms. The van der Waals surface area contributed by atoms with E-state index in [1.165, 1.54) is 0 Å². The van der Waals surface area contributed by atoms with Crippen LogP contribution in [0.25, 0.3) is 0 Å². The van der Waals surface area contributed by atoms with E-state index in [1.807, 2.05) is 36.5 Å². The lowest BCUT2D eigenvalue weighted by molar-refractivity contribution is -0.364. The van der Waals surface area contributed by atoms with E-state index in [-0.39, 0.29) is 0 Å². The minimum Gasteiger partial charge on any atom is -0.497 e. The molecule has 0 amide bonds. The van der Waals surface area contributed by atoms with Gasteiger partial charge in [-0.25, -0.2) is 4.98 Å². The number of nitrogens with zero attached hydrogens (tertiary/aromatic N) is 2. The van der Waals surface area contributed by atoms with E-state index >= 15 is 0 Å². The highest BCUT2D eigenvalue weighted by molar-refractivity contribution is 7.80. The maximum atomic E-state index is 5.58. The first kappa shape index (κ1) is 17.3. The average Bonchev–Trinajstić information content (AvgIpc) is 2.68. The van der Waals surface area contributed by atoms with Gasteiger partial charge in [-0.05, 0) is 18.3 Å². The van der Waals surface area contributed by atoms with Crippen molar-refractivity contribution in [2.24, 2.45) is 0 Å². The van der Waals surface area contributed by atoms with Crippen LogP contribution in [0.5, 0.6) is 11.5 Å². The molecule has 1 saturated heterocycles. The Labute approximate surface area is 153 Å². The van der Waals surface area contributed by atoms with Crippen LogP contribution in [0.2, 0.25) is 0 Å². The largest absolute Gasteiger partial charge is 0.497 e. The van der Waals surface area contributed by atoms with Gasteiger partial charge in [-0.1, -0.05) is 6.07 Å². The van der Waals surface area contributed by atoms with Gasteiger partial charge in [0, 0.05) is 30.0 Å². The number of aromatic nitrogens is 1. The predicted octanol–water partition coefficient (Wildman–Crippen LogP) is 2.04. The highest BCUT2D eigenvalue weighted by Gasteiger charge is 2.24. The van der Waals surface area contributed by atoms with Crippen molar-refractivity contribution in [1.82, 2.24) is 4.90 Å². The molecule has 0 saturated carbocycles. The van der Waals surface area contributed by atoms with Crippen molar-refractivity contribution in [3.05, 3.63) is 42.6 Å². The summed E-state index contributed by atoms with van der Waals surface area (Å²) in [5.41, 5.74) is 0.861. The number of hydrogen-bond acceptors (Lipinski definition) is 4. The molecule has 132 valence electrons. The lowest BCUT2D eigenvalue weighted by Crippen LogP contribution is -2.51. The molecule has 2 aromatic rings. The third-order valence-corrected chi connectivity index (χ3v) is 4.56. The highest BCUT2D eigenvalue weighted by Crippen LogP contribution is 2.26. The highest BCUT2D eigenvalue weighted by atomic mass is 32.1. The van der Waals surface area contributed by atoms with Crippen molar-refractivity contribution in [1.29, 1.82) is 0 Å². The predicted molar refractivity (Wildman–Crippen MR) is 103 cm³/mol. The monoisotopic (exact) mass is 359 g/mol. The van der Waals surface area contributed by atoms with Gasteiger partial charge < -0.3 is 19.7 Å². The van der Waals surface area contributed by atoms with Gasteiger partial charge in [0.15, 0.2) is 5.11 Å². The summed E-state index contributed by atoms with van der Waals surface area (Å²) in [6.07, 6.45) is 1.95. The van der Waals surface area contributed by atoms with Crippen molar-refractivity contribution >= 4 is 28.8 Å². The summed E-state index contributed by atoms with van der Waals surface area (Å²) >= 11 is 5.58. The van der Waals surface area contributed by atoms with Crippen LogP contribution in [0.1, 0.15) is 0 Å². The standard InChI is InChI=1S/C18H22N4O2S/c1-23-15-11-14(12-16(13-15)24-2)20-18(25)22-9-7-21(8-10-22)17-5-3-4-6-19-17/h3-6,11-13H,7-10H2,1-2H3,(H,20,25)/p+1. The number of rotatable bonds is 4. The summed E-state index contributed by atoms with van der Waals surface area (Å²) in [4.78, 5) is 7.79. The molecule has 1 fully saturated rings. The van der Waals surface area contributed by atoms with Gasteiger partial charge in [-0.3, -0.25) is 4.90 Å². The Balaban J connectivity index is 1.60. The van der Waals surface area contributed by atoms with Crippen molar-refractivity contribution in [3.8, 4) is 11.5 Å². The number of benzene rings is 1. The molecule has 0 bridgehead atoms. The van der Waals surface area contributed by atoms with Gasteiger partial charge in [0.1, 0.15) is 24.6 Å². The number of ether oxygens (including phenoxy) is 2. The summed E-state index contributed by atoms with van der Waals surface area (Å²) in [5.74, 6) is 2.60. The maximum absolute atomic E-state index is 5.58. The second-order valence-corrected chi connectivity index (χ2v) is 6.14. The first-order valence-electron chi connectivity index (χ1n) is 8.20. The molecule has 1 aromatic carbocycles. The Morgan fingerprint density at radius 2 is 1.72 bits per heavy atom. The second kappa shape index (κ2) is 8.02. The van der Waals surface area contributed by atoms with Gasteiger partial charge in [0.2, 0.25) is 0 Å². The molecule has 0 aliphatic carbocycles. The third kappa shape index (κ3) is 4.30. The summed E-state index contributed by atoms with van der Waals surface area (Å²) in [5, 5.41) is 4.00. The number of H-pyrrole nitrogens is 1. The number of piperazine rings is 1. The second-order valence-electron chi connectivity index (χ2n) is 5.75. The van der Waals surface area contributed by atoms with E-state index < -0.39 is 0 Å². The van der Waals surface area contributed by atoms with Gasteiger partial charge in [0.05, 0.1) is 33.5 Å². The Hall–Kier alpha value is -2.54. The Morgan fingerprint density at radius 3 is 2.28 bits per heavy atom. The van der Waals surface area contributed by atoms with E-state index in [2.05, 4.69) is 26.2 Å². The zero-order chi connectivity index (χ0) is 17.6. The van der Waals surface area contributed by atoms with Crippen LogP contribution in [-0.2, 0) is 0 Å². The number of methoxy groups -OCH3 is 2. The molecule has 1 aliphatic rings. The number of anilines is 2. The molecule has 1 aliphatic heterocycles. The minimum atomic E-state index is 0.715. The summed E-state index contributed by atoms with van der Waals surface area (Å²) < 4.78 is 10.6. The lowest BCUT2D eigenvalue weighted by Gasteiger charge is -2.32. The molecular formula is C18H23N4O2S+. The molecule has 2 N–H and O–H groups in total. The number of pyridine rings is 1. The topological polar surface area (TPSA) is 51.1 Å². The van der Waals surface area contributed by atoms with Crippen molar-refractivity contribution in [2.45, 2.75) is 0 Å². The first-order valence-corrected chi connectivity index (χ1v) is 8.61. The van der Waals surface area contributed by atoms with Gasteiger partial charge >= 0.3 is 0 Å². The molecule has 0 radical (unpaired) electrons. The molecule has 0 unspecified atom stereocenters. The average molecular weight is 359 g/mol. The van der Waals surface area contributed by atoms with E-state index in [0.717, 1.165) is 49.2 Å². The van der Waals surface area contributed by atoms with Crippen molar-refractivity contribution < 1.29 is 14.5 Å². The van der Waals surface area contributed by atoms with Crippen LogP contribution in [0.4, 0.5) is 11.5 Å². The molecule has 2 heterocycles. The maximum Gasteiger partial charge on any atom is 0.274 e. The SMILES string of the molecule is COc1cc(NC(=S)N2CCN(c3cccc[nH+]3)CC2)cc(OC)c1. The fourth-order valence-corrected chi connectivity index (χ4v) is 3.11. The smallest absolute Gasteiger partial charge is 0.274 e. The van der Waals surface area contributed by atoms with Crippen LogP contribution >= 0.6 is 12.2 Å². The molecule has 6 nitrogen and oxygen atoms in total. The molecule has 0 spiro atoms. The van der Waals surface area contributed by atoms with Crippen LogP contribution in [0, 0.1) is 0 Å². The Bertz CT molecular complexity index is 696. The number of aromatic amines is 1. The van der Waals surface area contributed by atoms with E-state index in [9.17, 15) is 0 Å². The summed E-state index contributed by atoms with van der Waals surface area (Å²) in [7, 11) is 3.27. The van der Waals surface area contributed by atoms with Crippen molar-refractivity contribution in [3.63, 3.8) is 0 Å². The lowest BCUT2D eigenvalue weighted by atomic mass is 10.2. The van der Waals surface area contributed by atoms with Crippen LogP contribution < -0.4 is 24.7 Å². The van der Waals surface area contributed by atoms with E-state index in [0.29, 0.717) is 5.11 Å². The molecule has 25 heavy (non-hydrogen) atoms. The minimum absolute atomic E-state index is 0.715. The number of hydrogen-bond donors (Lipinski definition) is 1. The zero-order valence-electron chi connectivity index (χ0n) is 14.5. The molecule has 3 rings (SSSR count). The zero-order valence-corrected chi connectivity index (χ0v) is 15.3. The molecule has 1 aromatic heterocycles. The first-order chi connectivity index (χ1) is 12.2. The van der Waals surface area contributed by atoms with Crippen LogP contribution in [0.15, 0.2) is 42.6 Å². The summed E-state index contributed by atoms with van der Waals surface area (Å²) in [6, 6.07) is 11.8. The normalized spacial score (nSPS) is 14.2. The van der Waals surface area contributed by atoms with E-state index in [1.54, 1.807) is 14.2 Å². The van der Waals surface area contributed by atoms with E-state index in [4.69, 9.17) is 21.7 Å². The van der Waals surface area contributed by atoms with Crippen molar-refractivity contribution in [2.75, 3.05) is 50.6 Å². The Morgan fingerprint density at radius 1 is 1.04 bits per heavy atom. The van der Waals surface area contributed by atoms with Crippen LogP contribution in [-0.4, -0.2) is 50.4 Å². The number of thiocarbonyl (C=S) groups is 1. The summed E-state index contributed by atoms with van der Waals surface area (Å²) in [6.45, 7) is 3.58. The van der Waals surface area contributed by atoms with Crippen LogP contribution in [0.3, 0.4) is 0 Å². The molecule has 0 atom stereocenters. The fourth-order valence-electron chi connectivity index (χ4n) is 2.81. The fraction of sp³-hybridized carbons (Fsp3) is 0.333.